The molecule has 176 valence electrons. The minimum atomic E-state index is -4.72. The van der Waals surface area contributed by atoms with Crippen LogP contribution in [0.2, 0.25) is 10.0 Å². The van der Waals surface area contributed by atoms with E-state index in [1.807, 2.05) is 0 Å². The van der Waals surface area contributed by atoms with Crippen molar-refractivity contribution < 1.29 is 50.5 Å². The van der Waals surface area contributed by atoms with E-state index in [0.29, 0.717) is 12.1 Å². The number of carboxylic acid groups (broad SMARTS) is 1. The van der Waals surface area contributed by atoms with Gasteiger partial charge in [0.2, 0.25) is 0 Å². The fourth-order valence-electron chi connectivity index (χ4n) is 2.26. The normalized spacial score (nSPS) is 11.3. The second-order valence-corrected chi connectivity index (χ2v) is 6.81. The van der Waals surface area contributed by atoms with Crippen molar-refractivity contribution in [3.8, 4) is 11.5 Å². The first-order chi connectivity index (χ1) is 14.5. The fourth-order valence-corrected chi connectivity index (χ4v) is 2.96. The SMILES string of the molecule is COc1c(Cl)cc(C(=O)Cl)cc1C(F)(F)F.COc1c(Cl)cc(C(=O)O)cc1C(F)(F)F. The van der Waals surface area contributed by atoms with Crippen LogP contribution in [0.5, 0.6) is 11.5 Å². The molecule has 0 radical (unpaired) electrons. The van der Waals surface area contributed by atoms with Crippen LogP contribution in [0.25, 0.3) is 0 Å². The lowest BCUT2D eigenvalue weighted by Crippen LogP contribution is -2.10. The van der Waals surface area contributed by atoms with Crippen LogP contribution < -0.4 is 9.47 Å². The monoisotopic (exact) mass is 526 g/mol. The molecule has 2 rings (SSSR count). The average Bonchev–Trinajstić information content (AvgIpc) is 2.65. The zero-order valence-electron chi connectivity index (χ0n) is 15.8. The van der Waals surface area contributed by atoms with Crippen LogP contribution in [0.3, 0.4) is 0 Å². The number of ether oxygens (including phenoxy) is 2. The highest BCUT2D eigenvalue weighted by Gasteiger charge is 2.37. The average molecular weight is 528 g/mol. The third-order valence-electron chi connectivity index (χ3n) is 3.58. The zero-order valence-corrected chi connectivity index (χ0v) is 18.1. The van der Waals surface area contributed by atoms with Crippen LogP contribution in [0.15, 0.2) is 24.3 Å². The molecule has 0 bridgehead atoms. The van der Waals surface area contributed by atoms with Crippen LogP contribution in [0.1, 0.15) is 31.8 Å². The lowest BCUT2D eigenvalue weighted by Gasteiger charge is -2.13. The molecule has 0 aliphatic heterocycles. The first-order valence-electron chi connectivity index (χ1n) is 7.87. The van der Waals surface area contributed by atoms with Crippen LogP contribution in [0, 0.1) is 0 Å². The van der Waals surface area contributed by atoms with Gasteiger partial charge in [0.1, 0.15) is 11.5 Å². The maximum Gasteiger partial charge on any atom is 0.420 e. The van der Waals surface area contributed by atoms with E-state index in [1.165, 1.54) is 0 Å². The molecule has 0 atom stereocenters. The Kier molecular flexibility index (Phi) is 9.07. The number of benzene rings is 2. The molecule has 32 heavy (non-hydrogen) atoms. The number of rotatable bonds is 4. The number of hydrogen-bond acceptors (Lipinski definition) is 4. The predicted molar refractivity (Wildman–Crippen MR) is 103 cm³/mol. The van der Waals surface area contributed by atoms with Crippen molar-refractivity contribution in [1.82, 2.24) is 0 Å². The molecular weight excluding hydrogens is 517 g/mol. The van der Waals surface area contributed by atoms with Gasteiger partial charge in [-0.25, -0.2) is 4.79 Å². The molecule has 1 N–H and O–H groups in total. The Morgan fingerprint density at radius 1 is 0.781 bits per heavy atom. The highest BCUT2D eigenvalue weighted by molar-refractivity contribution is 6.67. The molecule has 0 spiro atoms. The van der Waals surface area contributed by atoms with Gasteiger partial charge in [-0.3, -0.25) is 4.79 Å². The second-order valence-electron chi connectivity index (χ2n) is 5.65. The molecule has 0 amide bonds. The first-order valence-corrected chi connectivity index (χ1v) is 9.00. The molecule has 14 heteroatoms. The summed E-state index contributed by atoms with van der Waals surface area (Å²) < 4.78 is 84.3. The number of hydrogen-bond donors (Lipinski definition) is 1. The van der Waals surface area contributed by atoms with Gasteiger partial charge in [0.25, 0.3) is 5.24 Å². The number of carbonyl (C=O) groups is 2. The third kappa shape index (κ3) is 6.81. The molecule has 2 aromatic carbocycles. The third-order valence-corrected chi connectivity index (χ3v) is 4.36. The molecule has 0 saturated carbocycles. The Balaban J connectivity index is 0.000000320. The van der Waals surface area contributed by atoms with E-state index in [1.54, 1.807) is 0 Å². The minimum absolute atomic E-state index is 0.318. The molecule has 0 unspecified atom stereocenters. The Bertz CT molecular complexity index is 940. The molecule has 0 aliphatic rings. The lowest BCUT2D eigenvalue weighted by atomic mass is 10.1. The number of alkyl halides is 6. The molecular formula is C18H11Cl3F6O5. The van der Waals surface area contributed by atoms with Crippen molar-refractivity contribution in [1.29, 1.82) is 0 Å². The summed E-state index contributed by atoms with van der Waals surface area (Å²) in [4.78, 5) is 21.3. The summed E-state index contributed by atoms with van der Waals surface area (Å²) in [5, 5.41) is 6.87. The Hall–Kier alpha value is -2.37. The van der Waals surface area contributed by atoms with Crippen LogP contribution >= 0.6 is 34.8 Å². The van der Waals surface area contributed by atoms with Gasteiger partial charge in [0, 0.05) is 5.56 Å². The molecule has 0 heterocycles. The van der Waals surface area contributed by atoms with Gasteiger partial charge in [-0.05, 0) is 35.9 Å². The Labute approximate surface area is 191 Å². The second kappa shape index (κ2) is 10.5. The van der Waals surface area contributed by atoms with Gasteiger partial charge in [-0.15, -0.1) is 0 Å². The van der Waals surface area contributed by atoms with E-state index < -0.39 is 56.8 Å². The van der Waals surface area contributed by atoms with Crippen molar-refractivity contribution in [3.63, 3.8) is 0 Å². The van der Waals surface area contributed by atoms with Gasteiger partial charge in [0.05, 0.1) is 41.0 Å². The number of aromatic carboxylic acids is 1. The summed E-state index contributed by atoms with van der Waals surface area (Å²) in [6.07, 6.45) is -9.39. The van der Waals surface area contributed by atoms with Crippen molar-refractivity contribution >= 4 is 46.0 Å². The molecule has 0 aromatic heterocycles. The molecule has 0 saturated heterocycles. The quantitative estimate of drug-likeness (QED) is 0.349. The summed E-state index contributed by atoms with van der Waals surface area (Å²) in [6.45, 7) is 0. The summed E-state index contributed by atoms with van der Waals surface area (Å²) >= 11 is 16.1. The molecule has 0 fully saturated rings. The van der Waals surface area contributed by atoms with Gasteiger partial charge in [0.15, 0.2) is 0 Å². The van der Waals surface area contributed by atoms with Gasteiger partial charge in [-0.2, -0.15) is 26.3 Å². The summed E-state index contributed by atoms with van der Waals surface area (Å²) in [5.74, 6) is -2.61. The molecule has 2 aromatic rings. The standard InChI is InChI=1S/C9H5Cl2F3O2.C9H6ClF3O3/c1-16-7-5(9(12,13)14)2-4(8(11)15)3-6(7)10;1-16-7-5(9(11,12)13)2-4(8(14)15)3-6(7)10/h2-3H,1H3;2-3H,1H3,(H,14,15). The van der Waals surface area contributed by atoms with E-state index in [9.17, 15) is 35.9 Å². The Morgan fingerprint density at radius 2 is 1.12 bits per heavy atom. The maximum atomic E-state index is 12.6. The van der Waals surface area contributed by atoms with Crippen LogP contribution in [-0.2, 0) is 12.4 Å². The van der Waals surface area contributed by atoms with E-state index in [4.69, 9.17) is 39.9 Å². The van der Waals surface area contributed by atoms with Crippen molar-refractivity contribution in [3.05, 3.63) is 56.6 Å². The highest BCUT2D eigenvalue weighted by Crippen LogP contribution is 2.42. The topological polar surface area (TPSA) is 72.8 Å². The number of carbonyl (C=O) groups excluding carboxylic acids is 1. The fraction of sp³-hybridized carbons (Fsp3) is 0.222. The number of methoxy groups -OCH3 is 2. The van der Waals surface area contributed by atoms with E-state index >= 15 is 0 Å². The minimum Gasteiger partial charge on any atom is -0.495 e. The van der Waals surface area contributed by atoms with Crippen LogP contribution in [-0.4, -0.2) is 30.5 Å². The number of carboxylic acids is 1. The molecule has 0 aliphatic carbocycles. The first kappa shape index (κ1) is 27.7. The number of halogens is 9. The smallest absolute Gasteiger partial charge is 0.420 e. The maximum absolute atomic E-state index is 12.6. The van der Waals surface area contributed by atoms with E-state index in [2.05, 4.69) is 9.47 Å². The predicted octanol–water partition coefficient (Wildman–Crippen LogP) is 6.81. The van der Waals surface area contributed by atoms with Crippen molar-refractivity contribution in [2.45, 2.75) is 12.4 Å². The van der Waals surface area contributed by atoms with E-state index in [-0.39, 0.29) is 10.6 Å². The van der Waals surface area contributed by atoms with Gasteiger partial charge in [-0.1, -0.05) is 23.2 Å². The molecule has 5 nitrogen and oxygen atoms in total. The summed E-state index contributed by atoms with van der Waals surface area (Å²) in [7, 11) is 2.08. The van der Waals surface area contributed by atoms with E-state index in [0.717, 1.165) is 26.4 Å². The van der Waals surface area contributed by atoms with Crippen molar-refractivity contribution in [2.24, 2.45) is 0 Å². The highest BCUT2D eigenvalue weighted by atomic mass is 35.5. The largest absolute Gasteiger partial charge is 0.495 e. The zero-order chi connectivity index (χ0) is 25.0. The Morgan fingerprint density at radius 3 is 1.41 bits per heavy atom. The van der Waals surface area contributed by atoms with Crippen LogP contribution in [0.4, 0.5) is 26.3 Å². The summed E-state index contributed by atoms with van der Waals surface area (Å²) in [6, 6.07) is 3.00. The summed E-state index contributed by atoms with van der Waals surface area (Å²) in [5.41, 5.74) is -3.22. The van der Waals surface area contributed by atoms with Gasteiger partial charge >= 0.3 is 18.3 Å². The lowest BCUT2D eigenvalue weighted by molar-refractivity contribution is -0.139. The van der Waals surface area contributed by atoms with Gasteiger partial charge < -0.3 is 14.6 Å². The van der Waals surface area contributed by atoms with Crippen molar-refractivity contribution in [2.75, 3.05) is 14.2 Å².